The number of aryl methyl sites for hydroxylation is 1. The van der Waals surface area contributed by atoms with E-state index in [1.54, 1.807) is 24.1 Å². The summed E-state index contributed by atoms with van der Waals surface area (Å²) in [7, 11) is 1.79. The van der Waals surface area contributed by atoms with Gasteiger partial charge in [-0.15, -0.1) is 0 Å². The molecule has 6 heteroatoms. The van der Waals surface area contributed by atoms with Gasteiger partial charge in [-0.05, 0) is 12.8 Å². The first kappa shape index (κ1) is 10.1. The minimum absolute atomic E-state index is 0.177. The van der Waals surface area contributed by atoms with E-state index < -0.39 is 5.97 Å². The molecule has 2 aromatic rings. The molecule has 88 valence electrons. The topological polar surface area (TPSA) is 81.2 Å². The number of carboxylic acid groups (broad SMARTS) is 1. The summed E-state index contributed by atoms with van der Waals surface area (Å²) in [6.45, 7) is 0. The zero-order valence-electron chi connectivity index (χ0n) is 9.25. The number of hydrogen-bond acceptors (Lipinski definition) is 4. The molecule has 0 radical (unpaired) electrons. The summed E-state index contributed by atoms with van der Waals surface area (Å²) in [6, 6.07) is 0. The maximum Gasteiger partial charge on any atom is 0.341 e. The van der Waals surface area contributed by atoms with Gasteiger partial charge in [0.25, 0.3) is 0 Å². The lowest BCUT2D eigenvalue weighted by Crippen LogP contribution is -2.02. The number of nitrogens with zero attached hydrogens (tertiary/aromatic N) is 3. The molecule has 0 spiro atoms. The van der Waals surface area contributed by atoms with E-state index in [2.05, 4.69) is 10.1 Å². The van der Waals surface area contributed by atoms with Crippen molar-refractivity contribution in [1.82, 2.24) is 14.7 Å². The standard InChI is InChI=1S/C11H11N3O3/c1-14-5-12-4-7(14)9-8(11(15)16)10(17-13-9)6-2-3-6/h4-6H,2-3H2,1H3,(H,15,16). The van der Waals surface area contributed by atoms with Gasteiger partial charge in [0.05, 0.1) is 18.2 Å². The number of aromatic carboxylic acids is 1. The van der Waals surface area contributed by atoms with Crippen LogP contribution in [0.3, 0.4) is 0 Å². The quantitative estimate of drug-likeness (QED) is 0.871. The Hall–Kier alpha value is -2.11. The summed E-state index contributed by atoms with van der Waals surface area (Å²) in [5, 5.41) is 13.2. The van der Waals surface area contributed by atoms with E-state index in [-0.39, 0.29) is 11.5 Å². The molecule has 0 aliphatic heterocycles. The van der Waals surface area contributed by atoms with E-state index >= 15 is 0 Å². The molecule has 1 aliphatic carbocycles. The average Bonchev–Trinajstić information content (AvgIpc) is 2.89. The van der Waals surface area contributed by atoms with Crippen LogP contribution in [-0.2, 0) is 7.05 Å². The van der Waals surface area contributed by atoms with Crippen molar-refractivity contribution >= 4 is 5.97 Å². The molecule has 2 heterocycles. The first-order chi connectivity index (χ1) is 8.18. The summed E-state index contributed by atoms with van der Waals surface area (Å²) in [5.41, 5.74) is 1.19. The molecule has 0 unspecified atom stereocenters. The van der Waals surface area contributed by atoms with Gasteiger partial charge in [-0.2, -0.15) is 0 Å². The Labute approximate surface area is 96.9 Å². The predicted octanol–water partition coefficient (Wildman–Crippen LogP) is 1.65. The summed E-state index contributed by atoms with van der Waals surface area (Å²) < 4.78 is 6.91. The van der Waals surface area contributed by atoms with Crippen molar-refractivity contribution in [2.45, 2.75) is 18.8 Å². The average molecular weight is 233 g/mol. The van der Waals surface area contributed by atoms with Gasteiger partial charge in [-0.25, -0.2) is 9.78 Å². The summed E-state index contributed by atoms with van der Waals surface area (Å²) in [6.07, 6.45) is 5.13. The molecule has 0 bridgehead atoms. The van der Waals surface area contributed by atoms with Crippen LogP contribution in [0.15, 0.2) is 17.0 Å². The van der Waals surface area contributed by atoms with Gasteiger partial charge in [-0.3, -0.25) is 0 Å². The third-order valence-electron chi connectivity index (χ3n) is 2.94. The second-order valence-electron chi connectivity index (χ2n) is 4.24. The number of aromatic nitrogens is 3. The fourth-order valence-electron chi connectivity index (χ4n) is 1.89. The van der Waals surface area contributed by atoms with Gasteiger partial charge in [0.2, 0.25) is 0 Å². The third kappa shape index (κ3) is 1.52. The minimum Gasteiger partial charge on any atom is -0.477 e. The summed E-state index contributed by atoms with van der Waals surface area (Å²) in [4.78, 5) is 15.3. The second-order valence-corrected chi connectivity index (χ2v) is 4.24. The maximum absolute atomic E-state index is 11.3. The van der Waals surface area contributed by atoms with Crippen LogP contribution in [0.1, 0.15) is 34.9 Å². The van der Waals surface area contributed by atoms with Crippen LogP contribution in [0.25, 0.3) is 11.4 Å². The highest BCUT2D eigenvalue weighted by Crippen LogP contribution is 2.43. The van der Waals surface area contributed by atoms with Crippen molar-refractivity contribution in [3.63, 3.8) is 0 Å². The Morgan fingerprint density at radius 1 is 1.59 bits per heavy atom. The van der Waals surface area contributed by atoms with Crippen LogP contribution in [0.4, 0.5) is 0 Å². The van der Waals surface area contributed by atoms with E-state index in [4.69, 9.17) is 4.52 Å². The van der Waals surface area contributed by atoms with Crippen LogP contribution in [-0.4, -0.2) is 25.8 Å². The maximum atomic E-state index is 11.3. The highest BCUT2D eigenvalue weighted by Gasteiger charge is 2.35. The van der Waals surface area contributed by atoms with Crippen molar-refractivity contribution in [1.29, 1.82) is 0 Å². The van der Waals surface area contributed by atoms with Crippen molar-refractivity contribution in [2.24, 2.45) is 7.05 Å². The van der Waals surface area contributed by atoms with Gasteiger partial charge in [0.15, 0.2) is 5.76 Å². The molecule has 1 saturated carbocycles. The predicted molar refractivity (Wildman–Crippen MR) is 57.6 cm³/mol. The Bertz CT molecular complexity index is 581. The molecule has 0 amide bonds. The molecule has 6 nitrogen and oxygen atoms in total. The van der Waals surface area contributed by atoms with E-state index in [9.17, 15) is 9.90 Å². The van der Waals surface area contributed by atoms with Gasteiger partial charge in [0.1, 0.15) is 11.3 Å². The third-order valence-corrected chi connectivity index (χ3v) is 2.94. The van der Waals surface area contributed by atoms with Crippen molar-refractivity contribution in [3.8, 4) is 11.4 Å². The van der Waals surface area contributed by atoms with Crippen molar-refractivity contribution < 1.29 is 14.4 Å². The summed E-state index contributed by atoms with van der Waals surface area (Å²) in [5.74, 6) is -0.284. The zero-order valence-corrected chi connectivity index (χ0v) is 9.25. The van der Waals surface area contributed by atoms with E-state index in [1.165, 1.54) is 0 Å². The Morgan fingerprint density at radius 3 is 2.88 bits per heavy atom. The molecular weight excluding hydrogens is 222 g/mol. The van der Waals surface area contributed by atoms with Crippen molar-refractivity contribution in [2.75, 3.05) is 0 Å². The lowest BCUT2D eigenvalue weighted by molar-refractivity contribution is 0.0695. The molecule has 0 saturated heterocycles. The smallest absolute Gasteiger partial charge is 0.341 e. The lowest BCUT2D eigenvalue weighted by atomic mass is 10.1. The second kappa shape index (κ2) is 3.44. The number of imidazole rings is 1. The molecule has 1 aliphatic rings. The van der Waals surface area contributed by atoms with Crippen LogP contribution >= 0.6 is 0 Å². The Balaban J connectivity index is 2.17. The normalized spacial score (nSPS) is 15.1. The molecular formula is C11H11N3O3. The monoisotopic (exact) mass is 233 g/mol. The molecule has 0 aromatic carbocycles. The highest BCUT2D eigenvalue weighted by atomic mass is 16.5. The minimum atomic E-state index is -0.996. The van der Waals surface area contributed by atoms with Crippen LogP contribution in [0.5, 0.6) is 0 Å². The van der Waals surface area contributed by atoms with Gasteiger partial charge < -0.3 is 14.2 Å². The lowest BCUT2D eigenvalue weighted by Gasteiger charge is -1.99. The number of hydrogen-bond donors (Lipinski definition) is 1. The Kier molecular flexibility index (Phi) is 2.04. The van der Waals surface area contributed by atoms with Gasteiger partial charge in [0, 0.05) is 13.0 Å². The van der Waals surface area contributed by atoms with Gasteiger partial charge in [-0.1, -0.05) is 5.16 Å². The van der Waals surface area contributed by atoms with Gasteiger partial charge >= 0.3 is 5.97 Å². The largest absolute Gasteiger partial charge is 0.477 e. The van der Waals surface area contributed by atoms with Crippen LogP contribution < -0.4 is 0 Å². The summed E-state index contributed by atoms with van der Waals surface area (Å²) >= 11 is 0. The molecule has 3 rings (SSSR count). The number of carbonyl (C=O) groups is 1. The first-order valence-electron chi connectivity index (χ1n) is 5.38. The number of carboxylic acids is 1. The molecule has 0 atom stereocenters. The number of rotatable bonds is 3. The molecule has 17 heavy (non-hydrogen) atoms. The SMILES string of the molecule is Cn1cncc1-c1noc(C2CC2)c1C(=O)O. The van der Waals surface area contributed by atoms with Crippen LogP contribution in [0, 0.1) is 0 Å². The van der Waals surface area contributed by atoms with E-state index in [0.29, 0.717) is 17.1 Å². The molecule has 2 aromatic heterocycles. The van der Waals surface area contributed by atoms with E-state index in [0.717, 1.165) is 12.8 Å². The van der Waals surface area contributed by atoms with Crippen LogP contribution in [0.2, 0.25) is 0 Å². The fraction of sp³-hybridized carbons (Fsp3) is 0.364. The first-order valence-corrected chi connectivity index (χ1v) is 5.38. The van der Waals surface area contributed by atoms with Crippen molar-refractivity contribution in [3.05, 3.63) is 23.8 Å². The molecule has 1 N–H and O–H groups in total. The fourth-order valence-corrected chi connectivity index (χ4v) is 1.89. The zero-order chi connectivity index (χ0) is 12.0. The highest BCUT2D eigenvalue weighted by molar-refractivity contribution is 5.95. The van der Waals surface area contributed by atoms with E-state index in [1.807, 2.05) is 0 Å². The molecule has 1 fully saturated rings. The Morgan fingerprint density at radius 2 is 2.35 bits per heavy atom.